The Balaban J connectivity index is 2.18. The van der Waals surface area contributed by atoms with Gasteiger partial charge in [0.1, 0.15) is 5.82 Å². The van der Waals surface area contributed by atoms with E-state index in [2.05, 4.69) is 17.1 Å². The average molecular weight is 243 g/mol. The molecule has 1 aromatic carbocycles. The summed E-state index contributed by atoms with van der Waals surface area (Å²) in [5.74, 6) is -0.221. The first-order chi connectivity index (χ1) is 7.68. The van der Waals surface area contributed by atoms with E-state index < -0.39 is 0 Å². The Hall–Kier alpha value is -0.640. The topological polar surface area (TPSA) is 15.3 Å². The van der Waals surface area contributed by atoms with Crippen LogP contribution in [0.4, 0.5) is 4.39 Å². The molecular formula is C12H16ClFN2. The number of nitrogens with one attached hydrogen (secondary N) is 1. The summed E-state index contributed by atoms with van der Waals surface area (Å²) < 4.78 is 13.2. The third-order valence-electron chi connectivity index (χ3n) is 3.11. The van der Waals surface area contributed by atoms with Gasteiger partial charge in [-0.1, -0.05) is 11.6 Å². The molecule has 88 valence electrons. The van der Waals surface area contributed by atoms with Gasteiger partial charge in [0.25, 0.3) is 0 Å². The molecule has 0 bridgehead atoms. The minimum atomic E-state index is -0.221. The zero-order valence-electron chi connectivity index (χ0n) is 9.34. The zero-order chi connectivity index (χ0) is 11.5. The van der Waals surface area contributed by atoms with Crippen molar-refractivity contribution in [3.05, 3.63) is 34.6 Å². The van der Waals surface area contributed by atoms with E-state index >= 15 is 0 Å². The van der Waals surface area contributed by atoms with Crippen molar-refractivity contribution in [1.82, 2.24) is 10.2 Å². The van der Waals surface area contributed by atoms with Crippen LogP contribution in [0.25, 0.3) is 0 Å². The molecule has 0 spiro atoms. The Bertz CT molecular complexity index is 364. The van der Waals surface area contributed by atoms with E-state index in [1.807, 2.05) is 0 Å². The summed E-state index contributed by atoms with van der Waals surface area (Å²) in [7, 11) is 0. The molecule has 4 heteroatoms. The van der Waals surface area contributed by atoms with Gasteiger partial charge in [0, 0.05) is 37.2 Å². The second kappa shape index (κ2) is 5.13. The fourth-order valence-corrected chi connectivity index (χ4v) is 2.38. The number of hydrogen-bond acceptors (Lipinski definition) is 2. The number of benzene rings is 1. The highest BCUT2D eigenvalue weighted by molar-refractivity contribution is 6.31. The summed E-state index contributed by atoms with van der Waals surface area (Å²) in [5, 5.41) is 3.94. The Morgan fingerprint density at radius 3 is 2.75 bits per heavy atom. The van der Waals surface area contributed by atoms with Crippen LogP contribution in [0, 0.1) is 5.82 Å². The highest BCUT2D eigenvalue weighted by atomic mass is 35.5. The molecular weight excluding hydrogens is 227 g/mol. The first kappa shape index (κ1) is 11.8. The van der Waals surface area contributed by atoms with Crippen molar-refractivity contribution in [3.8, 4) is 0 Å². The molecule has 0 saturated carbocycles. The van der Waals surface area contributed by atoms with Crippen LogP contribution in [0.3, 0.4) is 0 Å². The van der Waals surface area contributed by atoms with E-state index in [9.17, 15) is 4.39 Å². The molecule has 1 aliphatic rings. The summed E-state index contributed by atoms with van der Waals surface area (Å²) in [6.07, 6.45) is 0. The van der Waals surface area contributed by atoms with Crippen LogP contribution in [0.2, 0.25) is 5.02 Å². The molecule has 0 aliphatic carbocycles. The molecule has 0 unspecified atom stereocenters. The summed E-state index contributed by atoms with van der Waals surface area (Å²) in [4.78, 5) is 2.32. The van der Waals surface area contributed by atoms with Crippen LogP contribution in [0.1, 0.15) is 18.5 Å². The SMILES string of the molecule is C[C@@H](c1cc(F)ccc1Cl)N1CCNCC1. The van der Waals surface area contributed by atoms with Crippen LogP contribution in [-0.4, -0.2) is 31.1 Å². The molecule has 0 aromatic heterocycles. The Morgan fingerprint density at radius 2 is 2.06 bits per heavy atom. The largest absolute Gasteiger partial charge is 0.314 e. The van der Waals surface area contributed by atoms with E-state index in [1.165, 1.54) is 12.1 Å². The lowest BCUT2D eigenvalue weighted by molar-refractivity contribution is 0.185. The molecule has 2 rings (SSSR count). The molecule has 2 nitrogen and oxygen atoms in total. The second-order valence-corrected chi connectivity index (χ2v) is 4.53. The van der Waals surface area contributed by atoms with Gasteiger partial charge in [0.2, 0.25) is 0 Å². The third kappa shape index (κ3) is 2.54. The fraction of sp³-hybridized carbons (Fsp3) is 0.500. The molecule has 1 N–H and O–H groups in total. The zero-order valence-corrected chi connectivity index (χ0v) is 10.1. The predicted molar refractivity (Wildman–Crippen MR) is 64.3 cm³/mol. The van der Waals surface area contributed by atoms with Crippen molar-refractivity contribution in [3.63, 3.8) is 0 Å². The lowest BCUT2D eigenvalue weighted by Crippen LogP contribution is -2.44. The van der Waals surface area contributed by atoms with Crippen LogP contribution < -0.4 is 5.32 Å². The van der Waals surface area contributed by atoms with Gasteiger partial charge < -0.3 is 5.32 Å². The highest BCUT2D eigenvalue weighted by Gasteiger charge is 2.20. The lowest BCUT2D eigenvalue weighted by Gasteiger charge is -2.33. The summed E-state index contributed by atoms with van der Waals surface area (Å²) >= 11 is 6.10. The van der Waals surface area contributed by atoms with E-state index in [0.29, 0.717) is 5.02 Å². The van der Waals surface area contributed by atoms with Crippen molar-refractivity contribution in [2.24, 2.45) is 0 Å². The minimum absolute atomic E-state index is 0.172. The van der Waals surface area contributed by atoms with Gasteiger partial charge >= 0.3 is 0 Å². The third-order valence-corrected chi connectivity index (χ3v) is 3.45. The molecule has 1 atom stereocenters. The van der Waals surface area contributed by atoms with Gasteiger partial charge in [0.05, 0.1) is 0 Å². The number of piperazine rings is 1. The van der Waals surface area contributed by atoms with Crippen molar-refractivity contribution >= 4 is 11.6 Å². The number of rotatable bonds is 2. The van der Waals surface area contributed by atoms with E-state index in [1.54, 1.807) is 6.07 Å². The molecule has 1 saturated heterocycles. The van der Waals surface area contributed by atoms with E-state index in [0.717, 1.165) is 31.7 Å². The van der Waals surface area contributed by atoms with E-state index in [4.69, 9.17) is 11.6 Å². The molecule has 16 heavy (non-hydrogen) atoms. The molecule has 1 fully saturated rings. The number of nitrogens with zero attached hydrogens (tertiary/aromatic N) is 1. The molecule has 1 aromatic rings. The van der Waals surface area contributed by atoms with Crippen molar-refractivity contribution in [2.75, 3.05) is 26.2 Å². The van der Waals surface area contributed by atoms with Crippen molar-refractivity contribution in [2.45, 2.75) is 13.0 Å². The van der Waals surface area contributed by atoms with Crippen molar-refractivity contribution in [1.29, 1.82) is 0 Å². The normalized spacial score (nSPS) is 19.7. The van der Waals surface area contributed by atoms with Crippen LogP contribution in [-0.2, 0) is 0 Å². The molecule has 0 amide bonds. The maximum absolute atomic E-state index is 13.2. The van der Waals surface area contributed by atoms with Gasteiger partial charge in [-0.15, -0.1) is 0 Å². The maximum Gasteiger partial charge on any atom is 0.123 e. The highest BCUT2D eigenvalue weighted by Crippen LogP contribution is 2.28. The number of hydrogen-bond donors (Lipinski definition) is 1. The minimum Gasteiger partial charge on any atom is -0.314 e. The van der Waals surface area contributed by atoms with Crippen LogP contribution in [0.5, 0.6) is 0 Å². The van der Waals surface area contributed by atoms with Gasteiger partial charge in [-0.05, 0) is 30.7 Å². The van der Waals surface area contributed by atoms with Gasteiger partial charge in [-0.3, -0.25) is 4.90 Å². The maximum atomic E-state index is 13.2. The first-order valence-corrected chi connectivity index (χ1v) is 5.96. The average Bonchev–Trinajstić information content (AvgIpc) is 2.32. The monoisotopic (exact) mass is 242 g/mol. The van der Waals surface area contributed by atoms with E-state index in [-0.39, 0.29) is 11.9 Å². The Kier molecular flexibility index (Phi) is 3.79. The quantitative estimate of drug-likeness (QED) is 0.857. The molecule has 0 radical (unpaired) electrons. The summed E-state index contributed by atoms with van der Waals surface area (Å²) in [6.45, 7) is 6.00. The smallest absolute Gasteiger partial charge is 0.123 e. The standard InChI is InChI=1S/C12H16ClFN2/c1-9(16-6-4-15-5-7-16)11-8-10(14)2-3-12(11)13/h2-3,8-9,15H,4-7H2,1H3/t9-/m0/s1. The molecule has 1 aliphatic heterocycles. The summed E-state index contributed by atoms with van der Waals surface area (Å²) in [5.41, 5.74) is 0.878. The van der Waals surface area contributed by atoms with Crippen LogP contribution in [0.15, 0.2) is 18.2 Å². The lowest BCUT2D eigenvalue weighted by atomic mass is 10.1. The fourth-order valence-electron chi connectivity index (χ4n) is 2.10. The Labute approximate surface area is 100 Å². The van der Waals surface area contributed by atoms with Gasteiger partial charge in [-0.25, -0.2) is 4.39 Å². The number of halogens is 2. The predicted octanol–water partition coefficient (Wildman–Crippen LogP) is 2.45. The Morgan fingerprint density at radius 1 is 1.38 bits per heavy atom. The van der Waals surface area contributed by atoms with Gasteiger partial charge in [-0.2, -0.15) is 0 Å². The van der Waals surface area contributed by atoms with Gasteiger partial charge in [0.15, 0.2) is 0 Å². The summed E-state index contributed by atoms with van der Waals surface area (Å²) in [6, 6.07) is 4.74. The van der Waals surface area contributed by atoms with Crippen molar-refractivity contribution < 1.29 is 4.39 Å². The molecule has 1 heterocycles. The second-order valence-electron chi connectivity index (χ2n) is 4.13. The van der Waals surface area contributed by atoms with Crippen LogP contribution >= 0.6 is 11.6 Å². The first-order valence-electron chi connectivity index (χ1n) is 5.58.